The summed E-state index contributed by atoms with van der Waals surface area (Å²) < 4.78 is 32.1. The molecule has 322 valence electrons. The first kappa shape index (κ1) is 45.8. The molecule has 0 saturated heterocycles. The minimum Gasteiger partial charge on any atom is -1.00 e. The van der Waals surface area contributed by atoms with Gasteiger partial charge in [-0.25, -0.2) is 4.58 Å². The summed E-state index contributed by atoms with van der Waals surface area (Å²) in [5.74, 6) is 1.30. The van der Waals surface area contributed by atoms with Gasteiger partial charge in [0.1, 0.15) is 63.2 Å². The molecule has 2 aliphatic heterocycles. The summed E-state index contributed by atoms with van der Waals surface area (Å²) in [4.78, 5) is 32.1. The summed E-state index contributed by atoms with van der Waals surface area (Å²) in [6.45, 7) is 6.63. The highest BCUT2D eigenvalue weighted by atomic mass is 35.5. The van der Waals surface area contributed by atoms with Gasteiger partial charge in [-0.15, -0.1) is 0 Å². The first-order valence-corrected chi connectivity index (χ1v) is 20.1. The van der Waals surface area contributed by atoms with Crippen LogP contribution in [0.1, 0.15) is 11.1 Å². The molecule has 61 heavy (non-hydrogen) atoms. The lowest BCUT2D eigenvalue weighted by Crippen LogP contribution is -3.00. The summed E-state index contributed by atoms with van der Waals surface area (Å²) in [5, 5.41) is 2.01. The second-order valence-corrected chi connectivity index (χ2v) is 14.7. The number of esters is 2. The molecule has 7 rings (SSSR count). The van der Waals surface area contributed by atoms with E-state index in [-0.39, 0.29) is 50.6 Å². The van der Waals surface area contributed by atoms with Crippen LogP contribution in [0.5, 0.6) is 11.5 Å². The number of para-hydroxylation sites is 1. The lowest BCUT2D eigenvalue weighted by molar-refractivity contribution is -0.139. The second kappa shape index (κ2) is 21.3. The Morgan fingerprint density at radius 2 is 1.26 bits per heavy atom. The number of nitrogens with two attached hydrogens (primary N) is 1. The largest absolute Gasteiger partial charge is 1.00 e. The van der Waals surface area contributed by atoms with E-state index in [0.29, 0.717) is 37.7 Å². The summed E-state index contributed by atoms with van der Waals surface area (Å²) in [6.07, 6.45) is 0. The molecule has 12 nitrogen and oxygen atoms in total. The predicted octanol–water partition coefficient (Wildman–Crippen LogP) is 3.37. The fourth-order valence-electron chi connectivity index (χ4n) is 7.42. The molecule has 2 heterocycles. The fraction of sp³-hybridized carbons (Fsp3) is 0.312. The van der Waals surface area contributed by atoms with Crippen molar-refractivity contribution in [2.45, 2.75) is 13.8 Å². The molecule has 0 spiro atoms. The maximum absolute atomic E-state index is 13.1. The Morgan fingerprint density at radius 1 is 0.689 bits per heavy atom. The number of fused-ring (bicyclic) bond motifs is 4. The van der Waals surface area contributed by atoms with E-state index in [9.17, 15) is 9.59 Å². The second-order valence-electron chi connectivity index (χ2n) is 14.7. The Bertz CT molecular complexity index is 2470. The van der Waals surface area contributed by atoms with Crippen LogP contribution in [0.4, 0.5) is 17.1 Å². The van der Waals surface area contributed by atoms with Crippen molar-refractivity contribution in [3.63, 3.8) is 0 Å². The van der Waals surface area contributed by atoms with Crippen molar-refractivity contribution >= 4 is 40.0 Å². The predicted molar refractivity (Wildman–Crippen MR) is 240 cm³/mol. The van der Waals surface area contributed by atoms with E-state index in [1.165, 1.54) is 21.3 Å². The maximum Gasteiger partial charge on any atom is 0.325 e. The van der Waals surface area contributed by atoms with Gasteiger partial charge in [0.2, 0.25) is 5.36 Å². The minimum absolute atomic E-state index is 0. The highest BCUT2D eigenvalue weighted by Crippen LogP contribution is 2.43. The van der Waals surface area contributed by atoms with Gasteiger partial charge in [-0.1, -0.05) is 42.5 Å². The molecule has 0 saturated carbocycles. The van der Waals surface area contributed by atoms with Crippen LogP contribution in [-0.4, -0.2) is 99.8 Å². The Labute approximate surface area is 364 Å². The van der Waals surface area contributed by atoms with Gasteiger partial charge < -0.3 is 56.2 Å². The van der Waals surface area contributed by atoms with Crippen molar-refractivity contribution < 1.29 is 45.4 Å². The van der Waals surface area contributed by atoms with Gasteiger partial charge in [-0.05, 0) is 86.1 Å². The zero-order chi connectivity index (χ0) is 42.8. The van der Waals surface area contributed by atoms with E-state index in [0.717, 1.165) is 67.0 Å². The van der Waals surface area contributed by atoms with Crippen LogP contribution in [0.15, 0.2) is 108 Å². The number of rotatable bonds is 6. The number of anilines is 3. The molecular weight excluding hydrogens is 794 g/mol. The van der Waals surface area contributed by atoms with E-state index in [1.54, 1.807) is 0 Å². The third kappa shape index (κ3) is 10.9. The molecule has 4 aromatic rings. The number of methoxy groups -OCH3 is 2. The first-order valence-electron chi connectivity index (χ1n) is 20.1. The summed E-state index contributed by atoms with van der Waals surface area (Å²) in [6, 6.07) is 34.8. The summed E-state index contributed by atoms with van der Waals surface area (Å²) >= 11 is 0. The van der Waals surface area contributed by atoms with Gasteiger partial charge in [-0.2, -0.15) is 0 Å². The average molecular weight is 850 g/mol. The summed E-state index contributed by atoms with van der Waals surface area (Å²) in [7, 11) is 8.33. The van der Waals surface area contributed by atoms with Crippen LogP contribution < -0.4 is 52.2 Å². The number of aryl methyl sites for hydroxylation is 2. The highest BCUT2D eigenvalue weighted by molar-refractivity contribution is 6.02. The van der Waals surface area contributed by atoms with Gasteiger partial charge >= 0.3 is 11.9 Å². The molecule has 0 unspecified atom stereocenters. The van der Waals surface area contributed by atoms with Crippen LogP contribution in [0, 0.1) is 13.8 Å². The Hall–Kier alpha value is -6.24. The summed E-state index contributed by atoms with van der Waals surface area (Å²) in [5.41, 5.74) is 12.9. The van der Waals surface area contributed by atoms with Gasteiger partial charge in [0, 0.05) is 54.4 Å². The number of hydrogen-bond acceptors (Lipinski definition) is 11. The Balaban J connectivity index is 0.00000231. The SMILES string of the molecule is CN.COC(=O)CN1CCN(c2ccccc2)CCN(CC(=O)OC)c2ccc(-c3c4ccc(=[N+](C)C)cc-4oc4cc(C)ccc34)cc2OCCOc2cc(C)ccc21.[Cl-]. The van der Waals surface area contributed by atoms with Gasteiger partial charge in [-0.3, -0.25) is 9.59 Å². The van der Waals surface area contributed by atoms with Crippen LogP contribution in [0.25, 0.3) is 33.4 Å². The smallest absolute Gasteiger partial charge is 0.325 e. The fourth-order valence-corrected chi connectivity index (χ4v) is 7.42. The molecule has 0 amide bonds. The van der Waals surface area contributed by atoms with Crippen LogP contribution >= 0.6 is 0 Å². The number of hydrogen-bond donors (Lipinski definition) is 1. The third-order valence-electron chi connectivity index (χ3n) is 10.5. The zero-order valence-electron chi connectivity index (χ0n) is 36.1. The van der Waals surface area contributed by atoms with Crippen LogP contribution in [-0.2, 0) is 19.1 Å². The number of ether oxygens (including phenoxy) is 4. The van der Waals surface area contributed by atoms with Crippen LogP contribution in [0.2, 0.25) is 0 Å². The molecule has 3 aliphatic rings. The van der Waals surface area contributed by atoms with E-state index in [2.05, 4.69) is 82.8 Å². The van der Waals surface area contributed by atoms with Gasteiger partial charge in [0.25, 0.3) is 0 Å². The molecule has 13 heteroatoms. The topological polar surface area (TPSA) is 123 Å². The maximum atomic E-state index is 13.1. The molecule has 0 radical (unpaired) electrons. The normalized spacial score (nSPS) is 13.1. The number of nitrogens with zero attached hydrogens (tertiary/aromatic N) is 4. The van der Waals surface area contributed by atoms with Crippen molar-refractivity contribution in [2.24, 2.45) is 5.73 Å². The Kier molecular flexibility index (Phi) is 16.0. The molecule has 0 atom stereocenters. The highest BCUT2D eigenvalue weighted by Gasteiger charge is 2.24. The number of carbonyl (C=O) groups is 2. The molecular formula is C48H56ClN5O7. The third-order valence-corrected chi connectivity index (χ3v) is 10.5. The molecule has 0 aromatic heterocycles. The van der Waals surface area contributed by atoms with Gasteiger partial charge in [0.05, 0.1) is 31.7 Å². The van der Waals surface area contributed by atoms with Gasteiger partial charge in [0.15, 0.2) is 0 Å². The van der Waals surface area contributed by atoms with Crippen molar-refractivity contribution in [1.82, 2.24) is 4.58 Å². The van der Waals surface area contributed by atoms with E-state index in [4.69, 9.17) is 23.4 Å². The van der Waals surface area contributed by atoms with Crippen molar-refractivity contribution in [3.05, 3.63) is 120 Å². The molecule has 4 aromatic carbocycles. The quantitative estimate of drug-likeness (QED) is 0.151. The molecule has 2 N–H and O–H groups in total. The van der Waals surface area contributed by atoms with Crippen LogP contribution in [0.3, 0.4) is 0 Å². The zero-order valence-corrected chi connectivity index (χ0v) is 36.8. The van der Waals surface area contributed by atoms with E-state index < -0.39 is 0 Å². The van der Waals surface area contributed by atoms with Crippen molar-refractivity contribution in [2.75, 3.05) is 103 Å². The lowest BCUT2D eigenvalue weighted by atomic mass is 9.93. The lowest BCUT2D eigenvalue weighted by Gasteiger charge is -2.33. The number of carbonyl (C=O) groups excluding carboxylic acids is 2. The monoisotopic (exact) mass is 849 g/mol. The molecule has 1 aliphatic carbocycles. The molecule has 0 bridgehead atoms. The molecule has 0 fully saturated rings. The van der Waals surface area contributed by atoms with Crippen molar-refractivity contribution in [1.29, 1.82) is 0 Å². The minimum atomic E-state index is -0.369. The standard InChI is InChI=1S/C47H51N4O7.CH5N.ClH/c1-32-12-16-37-41(26-32)58-42-29-36(48(3)4)15-17-38(42)47(37)34-14-19-40-44(28-34)57-25-24-56-43-27-33(2)13-18-39(43)50(30-45(52)54-5)22-20-49(35-10-8-7-9-11-35)21-23-51(40)31-46(53)55-6;1-2;/h7-19,26-29H,20-25,30-31H2,1-6H3;2H2,1H3;1H/q+1;;/p-1. The Morgan fingerprint density at radius 3 is 1.87 bits per heavy atom. The number of benzene rings is 5. The van der Waals surface area contributed by atoms with Crippen molar-refractivity contribution in [3.8, 4) is 33.9 Å². The first-order chi connectivity index (χ1) is 29.1. The van der Waals surface area contributed by atoms with E-state index in [1.807, 2.05) is 73.3 Å². The van der Waals surface area contributed by atoms with E-state index >= 15 is 0 Å². The number of halogens is 1. The average Bonchev–Trinajstić information content (AvgIpc) is 3.26.